The smallest absolute Gasteiger partial charge is 0.222 e. The zero-order valence-electron chi connectivity index (χ0n) is 10.6. The quantitative estimate of drug-likeness (QED) is 0.820. The second-order valence-corrected chi connectivity index (χ2v) is 4.71. The molecule has 0 unspecified atom stereocenters. The molecule has 0 aliphatic rings. The van der Waals surface area contributed by atoms with Crippen molar-refractivity contribution >= 4 is 23.2 Å². The molecule has 0 fully saturated rings. The summed E-state index contributed by atoms with van der Waals surface area (Å²) in [6, 6.07) is 5.76. The van der Waals surface area contributed by atoms with Crippen LogP contribution in [0.2, 0.25) is 5.02 Å². The highest BCUT2D eigenvalue weighted by molar-refractivity contribution is 6.30. The van der Waals surface area contributed by atoms with Crippen molar-refractivity contribution in [2.24, 2.45) is 0 Å². The van der Waals surface area contributed by atoms with E-state index in [0.717, 1.165) is 29.2 Å². The van der Waals surface area contributed by atoms with E-state index < -0.39 is 0 Å². The van der Waals surface area contributed by atoms with Gasteiger partial charge in [-0.3, -0.25) is 4.79 Å². The maximum atomic E-state index is 11.4. The molecule has 94 valence electrons. The molecule has 0 aromatic heterocycles. The largest absolute Gasteiger partial charge is 0.385 e. The molecule has 1 N–H and O–H groups in total. The van der Waals surface area contributed by atoms with E-state index in [-0.39, 0.29) is 5.91 Å². The normalized spacial score (nSPS) is 10.1. The Morgan fingerprint density at radius 3 is 2.76 bits per heavy atom. The average Bonchev–Trinajstić information content (AvgIpc) is 2.28. The summed E-state index contributed by atoms with van der Waals surface area (Å²) in [6.45, 7) is 2.81. The summed E-state index contributed by atoms with van der Waals surface area (Å²) >= 11 is 5.92. The lowest BCUT2D eigenvalue weighted by Gasteiger charge is -2.12. The minimum atomic E-state index is 0.162. The molecule has 1 aromatic carbocycles. The minimum Gasteiger partial charge on any atom is -0.385 e. The third-order valence-corrected chi connectivity index (χ3v) is 2.82. The molecular weight excluding hydrogens is 236 g/mol. The molecule has 0 aliphatic heterocycles. The molecule has 0 aliphatic carbocycles. The van der Waals surface area contributed by atoms with Crippen molar-refractivity contribution in [3.63, 3.8) is 0 Å². The summed E-state index contributed by atoms with van der Waals surface area (Å²) in [5.41, 5.74) is 2.20. The number of anilines is 1. The number of amides is 1. The van der Waals surface area contributed by atoms with E-state index in [2.05, 4.69) is 5.32 Å². The highest BCUT2D eigenvalue weighted by Crippen LogP contribution is 2.20. The number of nitrogens with zero attached hydrogens (tertiary/aromatic N) is 1. The Morgan fingerprint density at radius 2 is 2.12 bits per heavy atom. The van der Waals surface area contributed by atoms with Gasteiger partial charge >= 0.3 is 0 Å². The van der Waals surface area contributed by atoms with Crippen LogP contribution in [0.1, 0.15) is 18.4 Å². The van der Waals surface area contributed by atoms with Crippen LogP contribution in [0.4, 0.5) is 5.69 Å². The van der Waals surface area contributed by atoms with E-state index in [1.54, 1.807) is 19.0 Å². The van der Waals surface area contributed by atoms with Crippen molar-refractivity contribution in [2.45, 2.75) is 19.8 Å². The van der Waals surface area contributed by atoms with Crippen LogP contribution in [0.15, 0.2) is 18.2 Å². The van der Waals surface area contributed by atoms with Gasteiger partial charge in [0, 0.05) is 37.8 Å². The third-order valence-electron chi connectivity index (χ3n) is 2.58. The predicted molar refractivity (Wildman–Crippen MR) is 72.6 cm³/mol. The standard InChI is InChI=1S/C13H19ClN2O/c1-10-6-7-11(14)9-12(10)15-8-4-5-13(17)16(2)3/h6-7,9,15H,4-5,8H2,1-3H3. The monoisotopic (exact) mass is 254 g/mol. The topological polar surface area (TPSA) is 32.3 Å². The van der Waals surface area contributed by atoms with Crippen molar-refractivity contribution in [3.8, 4) is 0 Å². The highest BCUT2D eigenvalue weighted by Gasteiger charge is 2.03. The number of nitrogens with one attached hydrogen (secondary N) is 1. The lowest BCUT2D eigenvalue weighted by Crippen LogP contribution is -2.22. The van der Waals surface area contributed by atoms with Gasteiger partial charge in [-0.05, 0) is 31.0 Å². The molecule has 1 aromatic rings. The maximum absolute atomic E-state index is 11.4. The fourth-order valence-corrected chi connectivity index (χ4v) is 1.64. The molecule has 3 nitrogen and oxygen atoms in total. The van der Waals surface area contributed by atoms with Crippen molar-refractivity contribution in [2.75, 3.05) is 26.0 Å². The molecule has 0 saturated heterocycles. The van der Waals surface area contributed by atoms with Gasteiger partial charge in [0.1, 0.15) is 0 Å². The van der Waals surface area contributed by atoms with Crippen LogP contribution in [-0.2, 0) is 4.79 Å². The van der Waals surface area contributed by atoms with Gasteiger partial charge in [-0.25, -0.2) is 0 Å². The summed E-state index contributed by atoms with van der Waals surface area (Å²) in [6.07, 6.45) is 1.39. The Hall–Kier alpha value is -1.22. The molecule has 1 amide bonds. The number of rotatable bonds is 5. The fraction of sp³-hybridized carbons (Fsp3) is 0.462. The number of aryl methyl sites for hydroxylation is 1. The lowest BCUT2D eigenvalue weighted by atomic mass is 10.2. The molecule has 17 heavy (non-hydrogen) atoms. The van der Waals surface area contributed by atoms with Gasteiger partial charge in [0.15, 0.2) is 0 Å². The Kier molecular flexibility index (Phi) is 5.29. The van der Waals surface area contributed by atoms with Crippen molar-refractivity contribution < 1.29 is 4.79 Å². The second kappa shape index (κ2) is 6.50. The van der Waals surface area contributed by atoms with Crippen LogP contribution in [-0.4, -0.2) is 31.4 Å². The molecule has 0 saturated carbocycles. The summed E-state index contributed by atoms with van der Waals surface area (Å²) in [5.74, 6) is 0.162. The molecule has 4 heteroatoms. The number of carbonyl (C=O) groups excluding carboxylic acids is 1. The minimum absolute atomic E-state index is 0.162. The predicted octanol–water partition coefficient (Wildman–Crippen LogP) is 2.93. The number of halogens is 1. The molecule has 0 spiro atoms. The number of hydrogen-bond donors (Lipinski definition) is 1. The van der Waals surface area contributed by atoms with Crippen molar-refractivity contribution in [1.29, 1.82) is 0 Å². The van der Waals surface area contributed by atoms with E-state index in [0.29, 0.717) is 6.42 Å². The summed E-state index contributed by atoms with van der Waals surface area (Å²) < 4.78 is 0. The Balaban J connectivity index is 2.36. The van der Waals surface area contributed by atoms with E-state index in [4.69, 9.17) is 11.6 Å². The number of benzene rings is 1. The average molecular weight is 255 g/mol. The molecule has 0 radical (unpaired) electrons. The van der Waals surface area contributed by atoms with Crippen LogP contribution in [0, 0.1) is 6.92 Å². The third kappa shape index (κ3) is 4.65. The first-order valence-electron chi connectivity index (χ1n) is 5.71. The zero-order chi connectivity index (χ0) is 12.8. The molecule has 0 bridgehead atoms. The van der Waals surface area contributed by atoms with Gasteiger partial charge in [0.05, 0.1) is 0 Å². The van der Waals surface area contributed by atoms with E-state index in [1.807, 2.05) is 25.1 Å². The van der Waals surface area contributed by atoms with Gasteiger partial charge in [0.25, 0.3) is 0 Å². The van der Waals surface area contributed by atoms with Gasteiger partial charge in [-0.1, -0.05) is 17.7 Å². The molecule has 1 rings (SSSR count). The van der Waals surface area contributed by atoms with Gasteiger partial charge in [-0.15, -0.1) is 0 Å². The van der Waals surface area contributed by atoms with Gasteiger partial charge in [0.2, 0.25) is 5.91 Å². The molecule has 0 atom stereocenters. The summed E-state index contributed by atoms with van der Waals surface area (Å²) in [5, 5.41) is 4.02. The second-order valence-electron chi connectivity index (χ2n) is 4.28. The van der Waals surface area contributed by atoms with E-state index in [1.165, 1.54) is 0 Å². The Bertz CT molecular complexity index is 391. The molecule has 0 heterocycles. The van der Waals surface area contributed by atoms with Crippen LogP contribution in [0.5, 0.6) is 0 Å². The summed E-state index contributed by atoms with van der Waals surface area (Å²) in [4.78, 5) is 13.0. The van der Waals surface area contributed by atoms with E-state index >= 15 is 0 Å². The number of carbonyl (C=O) groups is 1. The highest BCUT2D eigenvalue weighted by atomic mass is 35.5. The zero-order valence-corrected chi connectivity index (χ0v) is 11.3. The first-order chi connectivity index (χ1) is 8.00. The Morgan fingerprint density at radius 1 is 1.41 bits per heavy atom. The summed E-state index contributed by atoms with van der Waals surface area (Å²) in [7, 11) is 3.55. The molecular formula is C13H19ClN2O. The van der Waals surface area contributed by atoms with Crippen LogP contribution in [0.3, 0.4) is 0 Å². The van der Waals surface area contributed by atoms with E-state index in [9.17, 15) is 4.79 Å². The SMILES string of the molecule is Cc1ccc(Cl)cc1NCCCC(=O)N(C)C. The van der Waals surface area contributed by atoms with Crippen LogP contribution < -0.4 is 5.32 Å². The first-order valence-corrected chi connectivity index (χ1v) is 6.08. The number of hydrogen-bond acceptors (Lipinski definition) is 2. The van der Waals surface area contributed by atoms with Gasteiger partial charge < -0.3 is 10.2 Å². The van der Waals surface area contributed by atoms with Gasteiger partial charge in [-0.2, -0.15) is 0 Å². The lowest BCUT2D eigenvalue weighted by molar-refractivity contribution is -0.128. The van der Waals surface area contributed by atoms with Crippen molar-refractivity contribution in [1.82, 2.24) is 4.90 Å². The van der Waals surface area contributed by atoms with Crippen LogP contribution >= 0.6 is 11.6 Å². The van der Waals surface area contributed by atoms with Crippen LogP contribution in [0.25, 0.3) is 0 Å². The first kappa shape index (κ1) is 13.8. The Labute approximate surface area is 108 Å². The van der Waals surface area contributed by atoms with Crippen molar-refractivity contribution in [3.05, 3.63) is 28.8 Å². The maximum Gasteiger partial charge on any atom is 0.222 e. The fourth-order valence-electron chi connectivity index (χ4n) is 1.47.